The first kappa shape index (κ1) is 19.2. The number of aryl methyl sites for hydroxylation is 4. The molecule has 4 nitrogen and oxygen atoms in total. The molecule has 0 aliphatic heterocycles. The summed E-state index contributed by atoms with van der Waals surface area (Å²) in [7, 11) is 0. The molecule has 0 saturated heterocycles. The summed E-state index contributed by atoms with van der Waals surface area (Å²) in [6, 6.07) is 15.1. The average Bonchev–Trinajstić information content (AvgIpc) is 3.10. The van der Waals surface area contributed by atoms with E-state index in [1.807, 2.05) is 58.0 Å². The molecule has 4 rings (SSSR count). The SMILES string of the molecule is Cc1cc(C)c2oc(-c3ccc(C)c(NC(=O)c4ccc(C)c(Cl)c4)c3)nc2c1. The maximum Gasteiger partial charge on any atom is 0.255 e. The van der Waals surface area contributed by atoms with Crippen LogP contribution in [0.25, 0.3) is 22.6 Å². The third-order valence-corrected chi connectivity index (χ3v) is 5.39. The fourth-order valence-electron chi connectivity index (χ4n) is 3.32. The monoisotopic (exact) mass is 404 g/mol. The molecule has 1 N–H and O–H groups in total. The van der Waals surface area contributed by atoms with E-state index in [4.69, 9.17) is 16.0 Å². The van der Waals surface area contributed by atoms with Gasteiger partial charge < -0.3 is 9.73 Å². The zero-order valence-electron chi connectivity index (χ0n) is 16.8. The minimum Gasteiger partial charge on any atom is -0.436 e. The number of halogens is 1. The van der Waals surface area contributed by atoms with Crippen LogP contribution in [0.15, 0.2) is 52.9 Å². The van der Waals surface area contributed by atoms with Crippen molar-refractivity contribution in [2.24, 2.45) is 0 Å². The number of rotatable bonds is 3. The highest BCUT2D eigenvalue weighted by atomic mass is 35.5. The van der Waals surface area contributed by atoms with Crippen LogP contribution >= 0.6 is 11.6 Å². The molecule has 0 saturated carbocycles. The fraction of sp³-hybridized carbons (Fsp3) is 0.167. The first-order chi connectivity index (χ1) is 13.8. The summed E-state index contributed by atoms with van der Waals surface area (Å²) in [5.41, 5.74) is 7.72. The summed E-state index contributed by atoms with van der Waals surface area (Å²) in [5, 5.41) is 3.54. The number of anilines is 1. The van der Waals surface area contributed by atoms with Gasteiger partial charge in [0.2, 0.25) is 5.89 Å². The van der Waals surface area contributed by atoms with E-state index in [1.54, 1.807) is 12.1 Å². The molecule has 0 radical (unpaired) electrons. The van der Waals surface area contributed by atoms with Crippen molar-refractivity contribution in [3.63, 3.8) is 0 Å². The lowest BCUT2D eigenvalue weighted by molar-refractivity contribution is 0.102. The molecule has 1 amide bonds. The van der Waals surface area contributed by atoms with Crippen molar-refractivity contribution >= 4 is 34.3 Å². The number of benzene rings is 3. The molecule has 0 fully saturated rings. The molecular formula is C24H21ClN2O2. The van der Waals surface area contributed by atoms with Crippen molar-refractivity contribution < 1.29 is 9.21 Å². The smallest absolute Gasteiger partial charge is 0.255 e. The van der Waals surface area contributed by atoms with Gasteiger partial charge in [-0.15, -0.1) is 0 Å². The first-order valence-corrected chi connectivity index (χ1v) is 9.76. The van der Waals surface area contributed by atoms with Crippen LogP contribution in [0.3, 0.4) is 0 Å². The second-order valence-corrected chi connectivity index (χ2v) is 7.80. The van der Waals surface area contributed by atoms with Crippen LogP contribution in [0.2, 0.25) is 5.02 Å². The van der Waals surface area contributed by atoms with Gasteiger partial charge in [0.1, 0.15) is 5.52 Å². The number of oxazole rings is 1. The largest absolute Gasteiger partial charge is 0.436 e. The Labute approximate surface area is 174 Å². The number of hydrogen-bond acceptors (Lipinski definition) is 3. The normalized spacial score (nSPS) is 11.1. The standard InChI is InChI=1S/C24H21ClN2O2/c1-13-9-16(4)22-21(10-13)27-24(29-22)18-8-6-15(3)20(12-18)26-23(28)17-7-5-14(2)19(25)11-17/h5-12H,1-4H3,(H,26,28). The Morgan fingerprint density at radius 3 is 2.45 bits per heavy atom. The molecule has 0 aliphatic rings. The summed E-state index contributed by atoms with van der Waals surface area (Å²) in [5.74, 6) is 0.318. The van der Waals surface area contributed by atoms with Crippen molar-refractivity contribution in [1.82, 2.24) is 4.98 Å². The Bertz CT molecular complexity index is 1260. The molecule has 0 unspecified atom stereocenters. The topological polar surface area (TPSA) is 55.1 Å². The van der Waals surface area contributed by atoms with E-state index in [1.165, 1.54) is 0 Å². The van der Waals surface area contributed by atoms with Crippen LogP contribution in [0.1, 0.15) is 32.6 Å². The highest BCUT2D eigenvalue weighted by Crippen LogP contribution is 2.30. The Morgan fingerprint density at radius 1 is 0.931 bits per heavy atom. The number of nitrogens with one attached hydrogen (secondary N) is 1. The van der Waals surface area contributed by atoms with E-state index in [2.05, 4.69) is 16.4 Å². The van der Waals surface area contributed by atoms with E-state index in [0.29, 0.717) is 22.2 Å². The third kappa shape index (κ3) is 3.76. The molecule has 0 aliphatic carbocycles. The van der Waals surface area contributed by atoms with Gasteiger partial charge in [-0.05, 0) is 80.3 Å². The number of aromatic nitrogens is 1. The van der Waals surface area contributed by atoms with Crippen molar-refractivity contribution in [3.05, 3.63) is 81.4 Å². The quantitative estimate of drug-likeness (QED) is 0.416. The summed E-state index contributed by atoms with van der Waals surface area (Å²) in [4.78, 5) is 17.3. The molecule has 0 spiro atoms. The minimum absolute atomic E-state index is 0.212. The maximum absolute atomic E-state index is 12.7. The molecule has 3 aromatic carbocycles. The average molecular weight is 405 g/mol. The minimum atomic E-state index is -0.212. The molecule has 1 heterocycles. The summed E-state index contributed by atoms with van der Waals surface area (Å²) in [6.07, 6.45) is 0. The van der Waals surface area contributed by atoms with E-state index >= 15 is 0 Å². The van der Waals surface area contributed by atoms with Gasteiger partial charge in [0.25, 0.3) is 5.91 Å². The molecule has 146 valence electrons. The van der Waals surface area contributed by atoms with Gasteiger partial charge in [0.05, 0.1) is 0 Å². The Kier molecular flexibility index (Phi) is 4.89. The second-order valence-electron chi connectivity index (χ2n) is 7.40. The van der Waals surface area contributed by atoms with Gasteiger partial charge in [-0.3, -0.25) is 4.79 Å². The molecule has 0 bridgehead atoms. The zero-order chi connectivity index (χ0) is 20.7. The molecule has 5 heteroatoms. The van der Waals surface area contributed by atoms with Gasteiger partial charge in [-0.25, -0.2) is 4.98 Å². The van der Waals surface area contributed by atoms with Crippen LogP contribution in [-0.4, -0.2) is 10.9 Å². The summed E-state index contributed by atoms with van der Waals surface area (Å²) >= 11 is 6.16. The number of nitrogens with zero attached hydrogens (tertiary/aromatic N) is 1. The predicted octanol–water partition coefficient (Wildman–Crippen LogP) is 6.63. The Balaban J connectivity index is 1.68. The summed E-state index contributed by atoms with van der Waals surface area (Å²) < 4.78 is 6.01. The van der Waals surface area contributed by atoms with E-state index in [-0.39, 0.29) is 5.91 Å². The maximum atomic E-state index is 12.7. The number of fused-ring (bicyclic) bond motifs is 1. The zero-order valence-corrected chi connectivity index (χ0v) is 17.5. The molecular weight excluding hydrogens is 384 g/mol. The number of carbonyl (C=O) groups excluding carboxylic acids is 1. The molecule has 1 aromatic heterocycles. The predicted molar refractivity (Wildman–Crippen MR) is 118 cm³/mol. The fourth-order valence-corrected chi connectivity index (χ4v) is 3.50. The second kappa shape index (κ2) is 7.37. The molecule has 0 atom stereocenters. The van der Waals surface area contributed by atoms with Crippen LogP contribution in [0, 0.1) is 27.7 Å². The van der Waals surface area contributed by atoms with Gasteiger partial charge in [0.15, 0.2) is 5.58 Å². The highest BCUT2D eigenvalue weighted by Gasteiger charge is 2.14. The van der Waals surface area contributed by atoms with Crippen molar-refractivity contribution in [1.29, 1.82) is 0 Å². The van der Waals surface area contributed by atoms with E-state index < -0.39 is 0 Å². The number of hydrogen-bond donors (Lipinski definition) is 1. The van der Waals surface area contributed by atoms with Gasteiger partial charge >= 0.3 is 0 Å². The van der Waals surface area contributed by atoms with Gasteiger partial charge in [-0.1, -0.05) is 29.8 Å². The van der Waals surface area contributed by atoms with Crippen molar-refractivity contribution in [2.45, 2.75) is 27.7 Å². The van der Waals surface area contributed by atoms with Crippen LogP contribution < -0.4 is 5.32 Å². The lowest BCUT2D eigenvalue weighted by atomic mass is 10.1. The summed E-state index contributed by atoms with van der Waals surface area (Å²) in [6.45, 7) is 7.90. The van der Waals surface area contributed by atoms with E-state index in [0.717, 1.165) is 38.9 Å². The van der Waals surface area contributed by atoms with Gasteiger partial charge in [-0.2, -0.15) is 0 Å². The van der Waals surface area contributed by atoms with E-state index in [9.17, 15) is 4.79 Å². The van der Waals surface area contributed by atoms with Crippen molar-refractivity contribution in [2.75, 3.05) is 5.32 Å². The highest BCUT2D eigenvalue weighted by molar-refractivity contribution is 6.31. The molecule has 29 heavy (non-hydrogen) atoms. The van der Waals surface area contributed by atoms with Gasteiger partial charge in [0, 0.05) is 21.8 Å². The third-order valence-electron chi connectivity index (χ3n) is 4.99. The van der Waals surface area contributed by atoms with Crippen LogP contribution in [0.5, 0.6) is 0 Å². The van der Waals surface area contributed by atoms with Crippen molar-refractivity contribution in [3.8, 4) is 11.5 Å². The van der Waals surface area contributed by atoms with Crippen LogP contribution in [-0.2, 0) is 0 Å². The number of carbonyl (C=O) groups is 1. The molecule has 4 aromatic rings. The Morgan fingerprint density at radius 2 is 1.69 bits per heavy atom. The Hall–Kier alpha value is -3.11. The van der Waals surface area contributed by atoms with Crippen LogP contribution in [0.4, 0.5) is 5.69 Å². The number of amides is 1. The lowest BCUT2D eigenvalue weighted by Gasteiger charge is -2.10. The lowest BCUT2D eigenvalue weighted by Crippen LogP contribution is -2.13. The first-order valence-electron chi connectivity index (χ1n) is 9.38.